The summed E-state index contributed by atoms with van der Waals surface area (Å²) in [6.07, 6.45) is 0.497. The topological polar surface area (TPSA) is 100 Å². The predicted molar refractivity (Wildman–Crippen MR) is 74.0 cm³/mol. The number of methoxy groups -OCH3 is 2. The van der Waals surface area contributed by atoms with Gasteiger partial charge in [0, 0.05) is 10.7 Å². The first-order chi connectivity index (χ1) is 9.58. The zero-order chi connectivity index (χ0) is 15.1. The van der Waals surface area contributed by atoms with E-state index in [4.69, 9.17) is 10.5 Å². The van der Waals surface area contributed by atoms with E-state index in [1.165, 1.54) is 26.0 Å². The van der Waals surface area contributed by atoms with Gasteiger partial charge in [-0.05, 0) is 6.42 Å². The molecule has 0 N–H and O–H groups in total. The lowest BCUT2D eigenvalue weighted by molar-refractivity contribution is -0.136. The molecule has 0 spiro atoms. The summed E-state index contributed by atoms with van der Waals surface area (Å²) < 4.78 is 9.49. The van der Waals surface area contributed by atoms with Crippen molar-refractivity contribution in [3.05, 3.63) is 20.3 Å². The van der Waals surface area contributed by atoms with Crippen LogP contribution in [0.2, 0.25) is 0 Å². The molecular formula is C12H10N2O4S2. The van der Waals surface area contributed by atoms with Crippen LogP contribution in [0.5, 0.6) is 0 Å². The first-order valence-electron chi connectivity index (χ1n) is 5.33. The molecule has 0 aromatic heterocycles. The van der Waals surface area contributed by atoms with Gasteiger partial charge in [-0.25, -0.2) is 9.59 Å². The summed E-state index contributed by atoms with van der Waals surface area (Å²) in [4.78, 5) is 23.4. The fraction of sp³-hybridized carbons (Fsp3) is 0.333. The number of rotatable bonds is 2. The molecule has 0 aromatic rings. The van der Waals surface area contributed by atoms with Crippen molar-refractivity contribution in [2.45, 2.75) is 6.42 Å². The van der Waals surface area contributed by atoms with E-state index in [1.54, 1.807) is 12.1 Å². The Labute approximate surface area is 124 Å². The molecule has 1 rings (SSSR count). The van der Waals surface area contributed by atoms with E-state index in [1.807, 2.05) is 0 Å². The maximum absolute atomic E-state index is 11.5. The molecule has 8 heteroatoms. The lowest BCUT2D eigenvalue weighted by Crippen LogP contribution is -2.10. The fourth-order valence-corrected chi connectivity index (χ4v) is 3.90. The quantitative estimate of drug-likeness (QED) is 0.432. The molecule has 0 atom stereocenters. The van der Waals surface area contributed by atoms with Crippen LogP contribution in [0.1, 0.15) is 6.42 Å². The second-order valence-electron chi connectivity index (χ2n) is 3.37. The number of thioether (sulfide) groups is 2. The number of esters is 2. The molecule has 6 nitrogen and oxygen atoms in total. The van der Waals surface area contributed by atoms with Crippen molar-refractivity contribution in [2.75, 3.05) is 20.0 Å². The van der Waals surface area contributed by atoms with Gasteiger partial charge in [0.1, 0.15) is 17.7 Å². The number of nitrogens with zero attached hydrogens (tertiary/aromatic N) is 2. The molecule has 1 aliphatic heterocycles. The van der Waals surface area contributed by atoms with E-state index in [0.717, 1.165) is 11.8 Å². The minimum atomic E-state index is -0.736. The molecular weight excluding hydrogens is 300 g/mol. The Hall–Kier alpha value is -1.90. The van der Waals surface area contributed by atoms with Crippen molar-refractivity contribution >= 4 is 35.5 Å². The van der Waals surface area contributed by atoms with Gasteiger partial charge in [-0.2, -0.15) is 10.5 Å². The normalized spacial score (nSPS) is 19.2. The maximum atomic E-state index is 11.5. The Kier molecular flexibility index (Phi) is 6.16. The number of allylic oxidation sites excluding steroid dienone is 1. The van der Waals surface area contributed by atoms with Crippen LogP contribution in [0.4, 0.5) is 0 Å². The molecule has 1 heterocycles. The number of hydrogen-bond donors (Lipinski definition) is 0. The summed E-state index contributed by atoms with van der Waals surface area (Å²) in [6.45, 7) is 0. The second-order valence-corrected chi connectivity index (χ2v) is 5.84. The molecule has 20 heavy (non-hydrogen) atoms. The highest BCUT2D eigenvalue weighted by molar-refractivity contribution is 8.24. The van der Waals surface area contributed by atoms with Crippen LogP contribution in [-0.2, 0) is 19.1 Å². The highest BCUT2D eigenvalue weighted by Crippen LogP contribution is 2.45. The molecule has 0 unspecified atom stereocenters. The summed E-state index contributed by atoms with van der Waals surface area (Å²) in [5.41, 5.74) is -0.223. The van der Waals surface area contributed by atoms with Gasteiger partial charge in [0.15, 0.2) is 5.57 Å². The molecule has 0 saturated carbocycles. The van der Waals surface area contributed by atoms with Gasteiger partial charge in [-0.3, -0.25) is 0 Å². The van der Waals surface area contributed by atoms with Gasteiger partial charge in [0.05, 0.1) is 18.5 Å². The number of carbonyl (C=O) groups is 2. The standard InChI is InChI=1S/C12H10N2O4S2/c1-17-10(15)7(5-13)9-3-4-19-12(20-9)8(6-14)11(16)18-2/h3-4H2,1-2H3/b9-7+,12-8-. The molecule has 0 bridgehead atoms. The lowest BCUT2D eigenvalue weighted by Gasteiger charge is -2.17. The third-order valence-electron chi connectivity index (χ3n) is 2.26. The van der Waals surface area contributed by atoms with Crippen LogP contribution in [-0.4, -0.2) is 31.9 Å². The maximum Gasteiger partial charge on any atom is 0.350 e. The smallest absolute Gasteiger partial charge is 0.350 e. The van der Waals surface area contributed by atoms with Crippen LogP contribution >= 0.6 is 23.5 Å². The van der Waals surface area contributed by atoms with Crippen LogP contribution in [0.3, 0.4) is 0 Å². The first kappa shape index (κ1) is 16.2. The third kappa shape index (κ3) is 3.56. The van der Waals surface area contributed by atoms with Crippen LogP contribution in [0.25, 0.3) is 0 Å². The Morgan fingerprint density at radius 1 is 1.10 bits per heavy atom. The van der Waals surface area contributed by atoms with Crippen molar-refractivity contribution < 1.29 is 19.1 Å². The van der Waals surface area contributed by atoms with Gasteiger partial charge in [-0.1, -0.05) is 11.8 Å². The first-order valence-corrected chi connectivity index (χ1v) is 7.14. The molecule has 0 aliphatic carbocycles. The average Bonchev–Trinajstić information content (AvgIpc) is 2.48. The highest BCUT2D eigenvalue weighted by atomic mass is 32.2. The fourth-order valence-electron chi connectivity index (χ4n) is 1.33. The summed E-state index contributed by atoms with van der Waals surface area (Å²) in [6, 6.07) is 3.58. The van der Waals surface area contributed by atoms with Crippen molar-refractivity contribution in [1.29, 1.82) is 10.5 Å². The van der Waals surface area contributed by atoms with E-state index in [9.17, 15) is 9.59 Å². The number of carbonyl (C=O) groups excluding carboxylic acids is 2. The Morgan fingerprint density at radius 2 is 1.65 bits per heavy atom. The molecule has 0 amide bonds. The molecule has 1 aliphatic rings. The van der Waals surface area contributed by atoms with Crippen LogP contribution < -0.4 is 0 Å². The Balaban J connectivity index is 3.21. The van der Waals surface area contributed by atoms with Crippen molar-refractivity contribution in [1.82, 2.24) is 0 Å². The molecule has 1 saturated heterocycles. The Bertz CT molecular complexity index is 531. The third-order valence-corrected chi connectivity index (χ3v) is 4.79. The number of nitriles is 2. The minimum Gasteiger partial charge on any atom is -0.465 e. The monoisotopic (exact) mass is 310 g/mol. The minimum absolute atomic E-state index is 0.0996. The average molecular weight is 310 g/mol. The number of ether oxygens (including phenoxy) is 2. The van der Waals surface area contributed by atoms with Crippen LogP contribution in [0.15, 0.2) is 20.3 Å². The van der Waals surface area contributed by atoms with Crippen LogP contribution in [0, 0.1) is 22.7 Å². The highest BCUT2D eigenvalue weighted by Gasteiger charge is 2.26. The molecule has 0 aromatic carbocycles. The van der Waals surface area contributed by atoms with E-state index in [-0.39, 0.29) is 11.1 Å². The molecule has 104 valence electrons. The summed E-state index contributed by atoms with van der Waals surface area (Å²) in [5.74, 6) is -0.902. The largest absolute Gasteiger partial charge is 0.465 e. The van der Waals surface area contributed by atoms with Gasteiger partial charge < -0.3 is 9.47 Å². The van der Waals surface area contributed by atoms with E-state index >= 15 is 0 Å². The summed E-state index contributed by atoms with van der Waals surface area (Å²) >= 11 is 2.37. The second kappa shape index (κ2) is 7.63. The van der Waals surface area contributed by atoms with Gasteiger partial charge in [0.25, 0.3) is 0 Å². The van der Waals surface area contributed by atoms with Gasteiger partial charge in [-0.15, -0.1) is 11.8 Å². The zero-order valence-corrected chi connectivity index (χ0v) is 12.4. The summed E-state index contributed by atoms with van der Waals surface area (Å²) in [5, 5.41) is 18.0. The van der Waals surface area contributed by atoms with Crippen molar-refractivity contribution in [3.63, 3.8) is 0 Å². The van der Waals surface area contributed by atoms with E-state index < -0.39 is 11.9 Å². The van der Waals surface area contributed by atoms with Crippen molar-refractivity contribution in [2.24, 2.45) is 0 Å². The van der Waals surface area contributed by atoms with E-state index in [2.05, 4.69) is 9.47 Å². The van der Waals surface area contributed by atoms with Gasteiger partial charge >= 0.3 is 11.9 Å². The predicted octanol–water partition coefficient (Wildman–Crippen LogP) is 1.72. The lowest BCUT2D eigenvalue weighted by atomic mass is 10.2. The SMILES string of the molecule is COC(=O)/C(C#N)=C1/SCC/C(=C(/C#N)C(=O)OC)S1. The molecule has 1 fully saturated rings. The summed E-state index contributed by atoms with van der Waals surface area (Å²) in [7, 11) is 2.37. The van der Waals surface area contributed by atoms with Crippen molar-refractivity contribution in [3.8, 4) is 12.1 Å². The van der Waals surface area contributed by atoms with E-state index in [0.29, 0.717) is 21.3 Å². The number of hydrogen-bond acceptors (Lipinski definition) is 8. The zero-order valence-electron chi connectivity index (χ0n) is 10.8. The Morgan fingerprint density at radius 3 is 2.15 bits per heavy atom. The van der Waals surface area contributed by atoms with Gasteiger partial charge in [0.2, 0.25) is 0 Å². The molecule has 0 radical (unpaired) electrons.